The van der Waals surface area contributed by atoms with E-state index < -0.39 is 10.0 Å². The number of aromatic nitrogens is 3. The van der Waals surface area contributed by atoms with Gasteiger partial charge in [0.05, 0.1) is 17.0 Å². The lowest BCUT2D eigenvalue weighted by molar-refractivity contribution is 0.322. The summed E-state index contributed by atoms with van der Waals surface area (Å²) in [6.45, 7) is 1.94. The third-order valence-electron chi connectivity index (χ3n) is 6.26. The van der Waals surface area contributed by atoms with Crippen LogP contribution in [0.25, 0.3) is 22.4 Å². The maximum absolute atomic E-state index is 12.6. The zero-order valence-corrected chi connectivity index (χ0v) is 17.6. The number of nitriles is 1. The van der Waals surface area contributed by atoms with Gasteiger partial charge in [-0.3, -0.25) is 4.98 Å². The number of rotatable bonds is 5. The predicted octanol–water partition coefficient (Wildman–Crippen LogP) is 3.83. The Morgan fingerprint density at radius 2 is 1.90 bits per heavy atom. The van der Waals surface area contributed by atoms with Crippen LogP contribution in [0.5, 0.6) is 0 Å². The van der Waals surface area contributed by atoms with Crippen molar-refractivity contribution >= 4 is 21.1 Å². The lowest BCUT2D eigenvalue weighted by Gasteiger charge is -2.29. The molecule has 0 aliphatic heterocycles. The van der Waals surface area contributed by atoms with Crippen LogP contribution in [0.2, 0.25) is 0 Å². The minimum atomic E-state index is -3.58. The van der Waals surface area contributed by atoms with Crippen molar-refractivity contribution in [2.75, 3.05) is 0 Å². The van der Waals surface area contributed by atoms with Crippen molar-refractivity contribution < 1.29 is 8.42 Å². The molecule has 0 aromatic carbocycles. The summed E-state index contributed by atoms with van der Waals surface area (Å²) in [5.41, 5.74) is 3.56. The van der Waals surface area contributed by atoms with Crippen LogP contribution >= 0.6 is 0 Å². The van der Waals surface area contributed by atoms with E-state index >= 15 is 0 Å². The van der Waals surface area contributed by atoms with Crippen molar-refractivity contribution in [1.29, 1.82) is 5.26 Å². The van der Waals surface area contributed by atoms with E-state index in [1.807, 2.05) is 19.1 Å². The first-order valence-corrected chi connectivity index (χ1v) is 11.9. The van der Waals surface area contributed by atoms with E-state index in [-0.39, 0.29) is 17.0 Å². The number of fused-ring (bicyclic) bond motifs is 1. The Labute approximate surface area is 175 Å². The minimum Gasteiger partial charge on any atom is -0.320 e. The molecule has 0 saturated heterocycles. The number of hydrogen-bond donors (Lipinski definition) is 1. The van der Waals surface area contributed by atoms with Crippen LogP contribution in [-0.2, 0) is 10.0 Å². The monoisotopic (exact) mass is 421 g/mol. The average molecular weight is 422 g/mol. The van der Waals surface area contributed by atoms with Crippen LogP contribution in [-0.4, -0.2) is 29.0 Å². The van der Waals surface area contributed by atoms with Gasteiger partial charge in [0.15, 0.2) is 0 Å². The zero-order valence-electron chi connectivity index (χ0n) is 16.8. The molecule has 30 heavy (non-hydrogen) atoms. The fourth-order valence-corrected chi connectivity index (χ4v) is 5.38. The molecule has 2 aliphatic carbocycles. The van der Waals surface area contributed by atoms with Crippen LogP contribution in [0, 0.1) is 18.3 Å². The smallest absolute Gasteiger partial charge is 0.242 e. The Bertz CT molecular complexity index is 1260. The molecule has 3 heterocycles. The SMILES string of the molecule is Cc1ccc2c(C#N)c(-c3ccc(S(=O)(=O)NC4CCC4)cn3)n(C3CCC3)c2n1. The van der Waals surface area contributed by atoms with Crippen molar-refractivity contribution in [2.24, 2.45) is 0 Å². The van der Waals surface area contributed by atoms with Gasteiger partial charge in [0, 0.05) is 29.4 Å². The molecule has 2 aliphatic rings. The number of pyridine rings is 2. The highest BCUT2D eigenvalue weighted by atomic mass is 32.2. The van der Waals surface area contributed by atoms with Crippen molar-refractivity contribution in [3.63, 3.8) is 0 Å². The molecule has 1 N–H and O–H groups in total. The van der Waals surface area contributed by atoms with Crippen molar-refractivity contribution in [3.05, 3.63) is 41.7 Å². The van der Waals surface area contributed by atoms with Gasteiger partial charge >= 0.3 is 0 Å². The maximum atomic E-state index is 12.6. The van der Waals surface area contributed by atoms with Crippen LogP contribution in [0.3, 0.4) is 0 Å². The van der Waals surface area contributed by atoms with Crippen molar-refractivity contribution in [3.8, 4) is 17.5 Å². The van der Waals surface area contributed by atoms with Crippen LogP contribution in [0.15, 0.2) is 35.4 Å². The van der Waals surface area contributed by atoms with Gasteiger partial charge in [0.25, 0.3) is 0 Å². The second-order valence-electron chi connectivity index (χ2n) is 8.24. The van der Waals surface area contributed by atoms with Gasteiger partial charge in [-0.1, -0.05) is 6.42 Å². The third kappa shape index (κ3) is 3.09. The van der Waals surface area contributed by atoms with Gasteiger partial charge in [0.2, 0.25) is 10.0 Å². The molecule has 0 radical (unpaired) electrons. The maximum Gasteiger partial charge on any atom is 0.242 e. The summed E-state index contributed by atoms with van der Waals surface area (Å²) < 4.78 is 30.1. The lowest BCUT2D eigenvalue weighted by Crippen LogP contribution is -2.39. The van der Waals surface area contributed by atoms with E-state index in [2.05, 4.69) is 20.3 Å². The predicted molar refractivity (Wildman–Crippen MR) is 113 cm³/mol. The highest BCUT2D eigenvalue weighted by molar-refractivity contribution is 7.89. The number of nitrogens with zero attached hydrogens (tertiary/aromatic N) is 4. The Kier molecular flexibility index (Phi) is 4.60. The van der Waals surface area contributed by atoms with E-state index in [1.165, 1.54) is 6.20 Å². The van der Waals surface area contributed by atoms with Gasteiger partial charge in [-0.15, -0.1) is 0 Å². The van der Waals surface area contributed by atoms with Crippen molar-refractivity contribution in [2.45, 2.75) is 62.4 Å². The average Bonchev–Trinajstić information content (AvgIpc) is 2.97. The molecule has 154 valence electrons. The summed E-state index contributed by atoms with van der Waals surface area (Å²) in [5.74, 6) is 0. The van der Waals surface area contributed by atoms with Gasteiger partial charge in [-0.05, 0) is 63.3 Å². The highest BCUT2D eigenvalue weighted by Crippen LogP contribution is 2.41. The fraction of sp³-hybridized carbons (Fsp3) is 0.409. The molecular weight excluding hydrogens is 398 g/mol. The first-order valence-electron chi connectivity index (χ1n) is 10.4. The Morgan fingerprint density at radius 3 is 2.47 bits per heavy atom. The van der Waals surface area contributed by atoms with Gasteiger partial charge in [-0.2, -0.15) is 5.26 Å². The summed E-state index contributed by atoms with van der Waals surface area (Å²) in [4.78, 5) is 9.34. The molecule has 0 bridgehead atoms. The molecule has 2 fully saturated rings. The first kappa shape index (κ1) is 19.2. The van der Waals surface area contributed by atoms with E-state index in [9.17, 15) is 13.7 Å². The summed E-state index contributed by atoms with van der Waals surface area (Å²) >= 11 is 0. The summed E-state index contributed by atoms with van der Waals surface area (Å²) in [7, 11) is -3.58. The standard InChI is InChI=1S/C22H23N5O2S/c1-14-8-10-18-19(12-23)21(27(22(18)25-14)16-6-3-7-16)20-11-9-17(13-24-20)30(28,29)26-15-4-2-5-15/h8-11,13,15-16,26H,2-7H2,1H3. The van der Waals surface area contributed by atoms with E-state index in [4.69, 9.17) is 4.98 Å². The van der Waals surface area contributed by atoms with Gasteiger partial charge in [0.1, 0.15) is 16.6 Å². The van der Waals surface area contributed by atoms with E-state index in [0.717, 1.165) is 60.9 Å². The Balaban J connectivity index is 1.61. The topological polar surface area (TPSA) is 101 Å². The molecule has 2 saturated carbocycles. The second kappa shape index (κ2) is 7.18. The fourth-order valence-electron chi connectivity index (χ4n) is 4.13. The molecule has 0 amide bonds. The normalized spacial score (nSPS) is 17.5. The first-order chi connectivity index (χ1) is 14.5. The minimum absolute atomic E-state index is 0.0235. The van der Waals surface area contributed by atoms with Crippen LogP contribution in [0.1, 0.15) is 55.8 Å². The number of sulfonamides is 1. The quantitative estimate of drug-likeness (QED) is 0.675. The van der Waals surface area contributed by atoms with Gasteiger partial charge in [-0.25, -0.2) is 18.1 Å². The molecule has 0 unspecified atom stereocenters. The van der Waals surface area contributed by atoms with Crippen LogP contribution in [0.4, 0.5) is 0 Å². The highest BCUT2D eigenvalue weighted by Gasteiger charge is 2.30. The molecule has 7 nitrogen and oxygen atoms in total. The molecule has 8 heteroatoms. The molecular formula is C22H23N5O2S. The van der Waals surface area contributed by atoms with Gasteiger partial charge < -0.3 is 4.57 Å². The van der Waals surface area contributed by atoms with E-state index in [0.29, 0.717) is 11.3 Å². The lowest BCUT2D eigenvalue weighted by atomic mass is 9.92. The molecule has 3 aromatic heterocycles. The third-order valence-corrected chi connectivity index (χ3v) is 7.76. The molecule has 3 aromatic rings. The summed E-state index contributed by atoms with van der Waals surface area (Å²) in [5, 5.41) is 10.7. The number of hydrogen-bond acceptors (Lipinski definition) is 5. The van der Waals surface area contributed by atoms with Crippen LogP contribution < -0.4 is 4.72 Å². The number of aryl methyl sites for hydroxylation is 1. The van der Waals surface area contributed by atoms with Crippen molar-refractivity contribution in [1.82, 2.24) is 19.3 Å². The largest absolute Gasteiger partial charge is 0.320 e. The zero-order chi connectivity index (χ0) is 20.9. The Hall–Kier alpha value is -2.76. The summed E-state index contributed by atoms with van der Waals surface area (Å²) in [6.07, 6.45) is 7.42. The molecule has 0 spiro atoms. The molecule has 0 atom stereocenters. The molecule has 5 rings (SSSR count). The van der Waals surface area contributed by atoms with E-state index in [1.54, 1.807) is 12.1 Å². The Morgan fingerprint density at radius 1 is 1.13 bits per heavy atom. The number of nitrogens with one attached hydrogen (secondary N) is 1. The second-order valence-corrected chi connectivity index (χ2v) is 9.96. The summed E-state index contributed by atoms with van der Waals surface area (Å²) in [6, 6.07) is 9.77.